The normalized spacial score (nSPS) is 21.6. The molecule has 94 valence electrons. The van der Waals surface area contributed by atoms with E-state index in [9.17, 15) is 4.79 Å². The zero-order valence-corrected chi connectivity index (χ0v) is 10.8. The molecule has 0 fully saturated rings. The monoisotopic (exact) mass is 242 g/mol. The molecule has 0 N–H and O–H groups in total. The Bertz CT molecular complexity index is 483. The maximum atomic E-state index is 11.8. The van der Waals surface area contributed by atoms with Crippen LogP contribution in [0.15, 0.2) is 53.8 Å². The van der Waals surface area contributed by atoms with Crippen LogP contribution in [0.5, 0.6) is 0 Å². The largest absolute Gasteiger partial charge is 0.431 e. The van der Waals surface area contributed by atoms with Crippen LogP contribution in [0.3, 0.4) is 0 Å². The van der Waals surface area contributed by atoms with Gasteiger partial charge in [0.25, 0.3) is 0 Å². The Hall–Kier alpha value is -1.83. The molecule has 0 radical (unpaired) electrons. The van der Waals surface area contributed by atoms with Crippen LogP contribution in [0.25, 0.3) is 0 Å². The van der Waals surface area contributed by atoms with Crippen molar-refractivity contribution in [3.8, 4) is 0 Å². The second kappa shape index (κ2) is 5.67. The minimum atomic E-state index is -0.290. The third-order valence-electron chi connectivity index (χ3n) is 3.25. The third kappa shape index (κ3) is 3.10. The van der Waals surface area contributed by atoms with Gasteiger partial charge in [-0.2, -0.15) is 0 Å². The molecule has 1 aromatic rings. The average Bonchev–Trinajstić information content (AvgIpc) is 2.38. The molecule has 2 heteroatoms. The Kier molecular flexibility index (Phi) is 3.98. The Morgan fingerprint density at radius 2 is 2.00 bits per heavy atom. The van der Waals surface area contributed by atoms with E-state index in [0.717, 1.165) is 12.8 Å². The van der Waals surface area contributed by atoms with Gasteiger partial charge in [0.1, 0.15) is 0 Å². The van der Waals surface area contributed by atoms with Gasteiger partial charge in [0.05, 0.1) is 11.8 Å². The van der Waals surface area contributed by atoms with E-state index in [1.807, 2.05) is 18.2 Å². The second-order valence-corrected chi connectivity index (χ2v) is 4.77. The van der Waals surface area contributed by atoms with Crippen LogP contribution in [0, 0.1) is 5.92 Å². The number of benzene rings is 1. The maximum absolute atomic E-state index is 11.8. The number of allylic oxidation sites excluding steroid dienone is 3. The number of rotatable bonds is 2. The number of hydrogen-bond acceptors (Lipinski definition) is 2. The average molecular weight is 242 g/mol. The third-order valence-corrected chi connectivity index (χ3v) is 3.25. The summed E-state index contributed by atoms with van der Waals surface area (Å²) in [6.45, 7) is 4.27. The molecule has 0 saturated carbocycles. The minimum Gasteiger partial charge on any atom is -0.431 e. The highest BCUT2D eigenvalue weighted by molar-refractivity contribution is 5.89. The minimum absolute atomic E-state index is 0.290. The molecule has 0 aliphatic heterocycles. The van der Waals surface area contributed by atoms with Crippen molar-refractivity contribution in [1.82, 2.24) is 0 Å². The summed E-state index contributed by atoms with van der Waals surface area (Å²) in [6, 6.07) is 9.06. The fraction of sp³-hybridized carbons (Fsp3) is 0.312. The summed E-state index contributed by atoms with van der Waals surface area (Å²) < 4.78 is 5.24. The van der Waals surface area contributed by atoms with Crippen LogP contribution in [0.1, 0.15) is 37.0 Å². The highest BCUT2D eigenvalue weighted by Crippen LogP contribution is 2.27. The summed E-state index contributed by atoms with van der Waals surface area (Å²) in [6.07, 6.45) is 5.89. The van der Waals surface area contributed by atoms with Crippen LogP contribution in [-0.4, -0.2) is 5.97 Å². The van der Waals surface area contributed by atoms with Crippen molar-refractivity contribution in [3.63, 3.8) is 0 Å². The highest BCUT2D eigenvalue weighted by atomic mass is 16.5. The zero-order valence-electron chi connectivity index (χ0n) is 10.8. The molecule has 2 nitrogen and oxygen atoms in total. The Morgan fingerprint density at radius 1 is 1.28 bits per heavy atom. The van der Waals surface area contributed by atoms with Crippen LogP contribution >= 0.6 is 0 Å². The number of esters is 1. The van der Waals surface area contributed by atoms with Crippen molar-refractivity contribution in [2.45, 2.75) is 26.7 Å². The van der Waals surface area contributed by atoms with E-state index < -0.39 is 0 Å². The molecule has 1 aliphatic carbocycles. The van der Waals surface area contributed by atoms with Crippen molar-refractivity contribution >= 4 is 5.97 Å². The molecular weight excluding hydrogens is 224 g/mol. The van der Waals surface area contributed by atoms with Gasteiger partial charge in [0, 0.05) is 0 Å². The molecule has 18 heavy (non-hydrogen) atoms. The lowest BCUT2D eigenvalue weighted by atomic mass is 9.88. The lowest BCUT2D eigenvalue weighted by Gasteiger charge is -2.19. The van der Waals surface area contributed by atoms with Gasteiger partial charge in [-0.05, 0) is 43.4 Å². The molecule has 0 aromatic heterocycles. The Balaban J connectivity index is 2.01. The van der Waals surface area contributed by atoms with Crippen molar-refractivity contribution in [2.24, 2.45) is 5.92 Å². The SMILES string of the molecule is CC1=CC(C)C(=COC(=O)c2ccccc2)CC1. The predicted octanol–water partition coefficient (Wildman–Crippen LogP) is 4.10. The summed E-state index contributed by atoms with van der Waals surface area (Å²) in [5.74, 6) is 0.0731. The van der Waals surface area contributed by atoms with Gasteiger partial charge in [-0.1, -0.05) is 36.8 Å². The van der Waals surface area contributed by atoms with Crippen LogP contribution in [0.2, 0.25) is 0 Å². The summed E-state index contributed by atoms with van der Waals surface area (Å²) in [7, 11) is 0. The predicted molar refractivity (Wildman–Crippen MR) is 72.1 cm³/mol. The van der Waals surface area contributed by atoms with Gasteiger partial charge in [-0.15, -0.1) is 0 Å². The van der Waals surface area contributed by atoms with Crippen molar-refractivity contribution in [3.05, 3.63) is 59.4 Å². The second-order valence-electron chi connectivity index (χ2n) is 4.77. The summed E-state index contributed by atoms with van der Waals surface area (Å²) in [5, 5.41) is 0. The van der Waals surface area contributed by atoms with E-state index in [2.05, 4.69) is 19.9 Å². The summed E-state index contributed by atoms with van der Waals surface area (Å²) in [4.78, 5) is 11.8. The van der Waals surface area contributed by atoms with Crippen molar-refractivity contribution in [2.75, 3.05) is 0 Å². The highest BCUT2D eigenvalue weighted by Gasteiger charge is 2.14. The number of hydrogen-bond donors (Lipinski definition) is 0. The first kappa shape index (κ1) is 12.6. The number of carbonyl (C=O) groups excluding carboxylic acids is 1. The summed E-state index contributed by atoms with van der Waals surface area (Å²) >= 11 is 0. The van der Waals surface area contributed by atoms with Gasteiger partial charge >= 0.3 is 5.97 Å². The molecule has 0 saturated heterocycles. The standard InChI is InChI=1S/C16H18O2/c1-12-8-9-15(13(2)10-12)11-18-16(17)14-6-4-3-5-7-14/h3-7,10-11,13H,8-9H2,1-2H3. The maximum Gasteiger partial charge on any atom is 0.342 e. The topological polar surface area (TPSA) is 26.3 Å². The molecule has 0 amide bonds. The van der Waals surface area contributed by atoms with Gasteiger partial charge in [-0.25, -0.2) is 4.79 Å². The summed E-state index contributed by atoms with van der Waals surface area (Å²) in [5.41, 5.74) is 3.18. The van der Waals surface area contributed by atoms with Crippen LogP contribution < -0.4 is 0 Å². The van der Waals surface area contributed by atoms with Gasteiger partial charge < -0.3 is 4.74 Å². The van der Waals surface area contributed by atoms with Crippen molar-refractivity contribution < 1.29 is 9.53 Å². The Labute approximate surface area is 108 Å². The van der Waals surface area contributed by atoms with Crippen LogP contribution in [0.4, 0.5) is 0 Å². The lowest BCUT2D eigenvalue weighted by Crippen LogP contribution is -2.06. The molecule has 0 spiro atoms. The quantitative estimate of drug-likeness (QED) is 0.443. The van der Waals surface area contributed by atoms with Gasteiger partial charge in [0.2, 0.25) is 0 Å². The molecule has 1 aliphatic rings. The molecule has 2 rings (SSSR count). The van der Waals surface area contributed by atoms with Crippen molar-refractivity contribution in [1.29, 1.82) is 0 Å². The molecule has 0 bridgehead atoms. The van der Waals surface area contributed by atoms with Gasteiger partial charge in [0.15, 0.2) is 0 Å². The zero-order chi connectivity index (χ0) is 13.0. The van der Waals surface area contributed by atoms with E-state index in [0.29, 0.717) is 11.5 Å². The number of carbonyl (C=O) groups is 1. The number of ether oxygens (including phenoxy) is 1. The first-order valence-corrected chi connectivity index (χ1v) is 6.29. The molecule has 1 unspecified atom stereocenters. The van der Waals surface area contributed by atoms with Crippen LogP contribution in [-0.2, 0) is 4.74 Å². The van der Waals surface area contributed by atoms with E-state index in [-0.39, 0.29) is 5.97 Å². The first-order chi connectivity index (χ1) is 8.66. The molecule has 0 heterocycles. The van der Waals surface area contributed by atoms with Gasteiger partial charge in [-0.3, -0.25) is 0 Å². The molecule has 1 aromatic carbocycles. The first-order valence-electron chi connectivity index (χ1n) is 6.29. The fourth-order valence-electron chi connectivity index (χ4n) is 2.12. The lowest BCUT2D eigenvalue weighted by molar-refractivity contribution is 0.0658. The molecule has 1 atom stereocenters. The Morgan fingerprint density at radius 3 is 2.67 bits per heavy atom. The van der Waals surface area contributed by atoms with E-state index in [4.69, 9.17) is 4.74 Å². The van der Waals surface area contributed by atoms with E-state index >= 15 is 0 Å². The molecular formula is C16H18O2. The smallest absolute Gasteiger partial charge is 0.342 e. The fourth-order valence-corrected chi connectivity index (χ4v) is 2.12. The van der Waals surface area contributed by atoms with E-state index in [1.165, 1.54) is 11.1 Å². The van der Waals surface area contributed by atoms with E-state index in [1.54, 1.807) is 18.4 Å².